The number of amides is 1. The summed E-state index contributed by atoms with van der Waals surface area (Å²) in [5, 5.41) is 21.1. The summed E-state index contributed by atoms with van der Waals surface area (Å²) >= 11 is 6.11. The molecule has 11 heteroatoms. The minimum absolute atomic E-state index is 0.0999. The molecule has 0 aliphatic heterocycles. The van der Waals surface area contributed by atoms with E-state index in [-0.39, 0.29) is 45.8 Å². The number of aliphatic hydroxyl groups is 2. The highest BCUT2D eigenvalue weighted by atomic mass is 35.5. The maximum absolute atomic E-state index is 13.4. The van der Waals surface area contributed by atoms with Gasteiger partial charge >= 0.3 is 0 Å². The number of carbonyl (C=O) groups is 1. The van der Waals surface area contributed by atoms with E-state index in [9.17, 15) is 36.6 Å². The smallest absolute Gasteiger partial charge is 0.255 e. The fourth-order valence-corrected chi connectivity index (χ4v) is 7.04. The zero-order valence-corrected chi connectivity index (χ0v) is 18.1. The molecular formula is C21H19ClF3NO5S. The Morgan fingerprint density at radius 3 is 2.25 bits per heavy atom. The van der Waals surface area contributed by atoms with Gasteiger partial charge in [-0.05, 0) is 49.3 Å². The van der Waals surface area contributed by atoms with Crippen LogP contribution in [0.15, 0.2) is 35.2 Å². The second-order valence-electron chi connectivity index (χ2n) is 8.27. The summed E-state index contributed by atoms with van der Waals surface area (Å²) in [6, 6.07) is 4.74. The molecule has 2 atom stereocenters. The molecule has 0 heterocycles. The van der Waals surface area contributed by atoms with Crippen molar-refractivity contribution in [1.29, 1.82) is 0 Å². The lowest BCUT2D eigenvalue weighted by molar-refractivity contribution is -0.197. The number of hydrogen-bond acceptors (Lipinski definition) is 5. The summed E-state index contributed by atoms with van der Waals surface area (Å²) in [6.07, 6.45) is 0.928. The number of nitrogens with one attached hydrogen (secondary N) is 1. The van der Waals surface area contributed by atoms with Gasteiger partial charge in [0, 0.05) is 23.4 Å². The first-order valence-corrected chi connectivity index (χ1v) is 11.7. The predicted molar refractivity (Wildman–Crippen MR) is 110 cm³/mol. The van der Waals surface area contributed by atoms with Crippen LogP contribution in [0.3, 0.4) is 0 Å². The maximum atomic E-state index is 13.4. The van der Waals surface area contributed by atoms with E-state index in [1.54, 1.807) is 0 Å². The van der Waals surface area contributed by atoms with E-state index in [0.29, 0.717) is 18.6 Å². The molecule has 2 unspecified atom stereocenters. The van der Waals surface area contributed by atoms with Crippen molar-refractivity contribution in [3.05, 3.63) is 58.4 Å². The molecule has 3 aliphatic carbocycles. The molecule has 2 aromatic carbocycles. The van der Waals surface area contributed by atoms with Crippen LogP contribution in [0, 0.1) is 29.3 Å². The molecule has 3 fully saturated rings. The number of fused-ring (bicyclic) bond motifs is 2. The Kier molecular flexibility index (Phi) is 5.77. The Morgan fingerprint density at radius 2 is 1.69 bits per heavy atom. The maximum Gasteiger partial charge on any atom is 0.255 e. The molecule has 6 nitrogen and oxygen atoms in total. The van der Waals surface area contributed by atoms with Gasteiger partial charge in [0.1, 0.15) is 0 Å². The Morgan fingerprint density at radius 1 is 1.09 bits per heavy atom. The summed E-state index contributed by atoms with van der Waals surface area (Å²) in [7, 11) is -3.98. The number of hydrogen-bond donors (Lipinski definition) is 3. The zero-order valence-electron chi connectivity index (χ0n) is 16.5. The summed E-state index contributed by atoms with van der Waals surface area (Å²) in [5.74, 6) is -6.22. The molecular weight excluding hydrogens is 471 g/mol. The van der Waals surface area contributed by atoms with Gasteiger partial charge < -0.3 is 15.5 Å². The highest BCUT2D eigenvalue weighted by Gasteiger charge is 2.59. The molecule has 0 aromatic heterocycles. The van der Waals surface area contributed by atoms with Crippen molar-refractivity contribution >= 4 is 33.0 Å². The molecule has 0 radical (unpaired) electrons. The van der Waals surface area contributed by atoms with Crippen molar-refractivity contribution in [1.82, 2.24) is 0 Å². The summed E-state index contributed by atoms with van der Waals surface area (Å²) in [4.78, 5) is 12.2. The Balaban J connectivity index is 1.58. The third kappa shape index (κ3) is 3.68. The summed E-state index contributed by atoms with van der Waals surface area (Å²) in [6.45, 7) is -0.434. The molecule has 3 N–H and O–H groups in total. The minimum atomic E-state index is -3.98. The third-order valence-corrected chi connectivity index (χ3v) is 9.17. The topological polar surface area (TPSA) is 104 Å². The van der Waals surface area contributed by atoms with Crippen molar-refractivity contribution in [2.45, 2.75) is 35.0 Å². The fraction of sp³-hybridized carbons (Fsp3) is 0.381. The first-order chi connectivity index (χ1) is 15.0. The van der Waals surface area contributed by atoms with Gasteiger partial charge in [-0.15, -0.1) is 0 Å². The molecule has 32 heavy (non-hydrogen) atoms. The summed E-state index contributed by atoms with van der Waals surface area (Å²) < 4.78 is 66.4. The van der Waals surface area contributed by atoms with Gasteiger partial charge in [0.05, 0.1) is 27.4 Å². The number of halogens is 4. The largest absolute Gasteiger partial charge is 0.393 e. The van der Waals surface area contributed by atoms with Crippen LogP contribution in [0.4, 0.5) is 18.9 Å². The van der Waals surface area contributed by atoms with Crippen LogP contribution in [0.1, 0.15) is 29.6 Å². The third-order valence-electron chi connectivity index (χ3n) is 6.51. The quantitative estimate of drug-likeness (QED) is 0.559. The van der Waals surface area contributed by atoms with Gasteiger partial charge in [-0.2, -0.15) is 0 Å². The van der Waals surface area contributed by atoms with E-state index in [1.807, 2.05) is 0 Å². The van der Waals surface area contributed by atoms with Gasteiger partial charge in [0.25, 0.3) is 5.91 Å². The highest BCUT2D eigenvalue weighted by Crippen LogP contribution is 2.55. The van der Waals surface area contributed by atoms with Gasteiger partial charge in [0.2, 0.25) is 0 Å². The summed E-state index contributed by atoms with van der Waals surface area (Å²) in [5.41, 5.74) is -1.75. The normalized spacial score (nSPS) is 27.0. The second kappa shape index (κ2) is 8.02. The van der Waals surface area contributed by atoms with Crippen LogP contribution in [0.5, 0.6) is 0 Å². The van der Waals surface area contributed by atoms with E-state index in [4.69, 9.17) is 11.6 Å². The lowest BCUT2D eigenvalue weighted by Gasteiger charge is -2.57. The van der Waals surface area contributed by atoms with Gasteiger partial charge in [-0.1, -0.05) is 11.6 Å². The van der Waals surface area contributed by atoms with Crippen molar-refractivity contribution in [2.75, 3.05) is 11.9 Å². The fourth-order valence-electron chi connectivity index (χ4n) is 4.64. The average Bonchev–Trinajstić information content (AvgIpc) is 2.76. The number of rotatable bonds is 5. The van der Waals surface area contributed by atoms with Gasteiger partial charge in [-0.25, -0.2) is 21.6 Å². The molecule has 0 spiro atoms. The number of anilines is 1. The van der Waals surface area contributed by atoms with E-state index in [2.05, 4.69) is 5.32 Å². The molecule has 0 saturated heterocycles. The molecule has 172 valence electrons. The Hall–Kier alpha value is -2.14. The molecule has 5 rings (SSSR count). The number of sulfone groups is 1. The van der Waals surface area contributed by atoms with Crippen LogP contribution in [0.25, 0.3) is 0 Å². The standard InChI is InChI=1S/C21H19ClF3NO5S/c22-15-2-1-10(20(28)26-13-7-16(23)19(25)17(24)8-13)3-18(15)32(30,31)14-5-11-4-12(6-14)21(11,29)9-27/h1-3,7-8,11-12,14,27,29H,4-6,9H2,(H,26,28). The van der Waals surface area contributed by atoms with Crippen molar-refractivity contribution in [2.24, 2.45) is 11.8 Å². The molecule has 3 saturated carbocycles. The molecule has 3 aliphatic rings. The first-order valence-electron chi connectivity index (χ1n) is 9.80. The average molecular weight is 490 g/mol. The van der Waals surface area contributed by atoms with Crippen LogP contribution in [-0.4, -0.2) is 42.0 Å². The lowest BCUT2D eigenvalue weighted by Crippen LogP contribution is -2.63. The molecule has 2 bridgehead atoms. The van der Waals surface area contributed by atoms with Gasteiger partial charge in [-0.3, -0.25) is 4.79 Å². The van der Waals surface area contributed by atoms with E-state index in [0.717, 1.165) is 6.07 Å². The Labute approximate surface area is 186 Å². The predicted octanol–water partition coefficient (Wildman–Crippen LogP) is 3.31. The minimum Gasteiger partial charge on any atom is -0.393 e. The zero-order chi connectivity index (χ0) is 23.4. The molecule has 1 amide bonds. The van der Waals surface area contributed by atoms with Crippen LogP contribution >= 0.6 is 11.6 Å². The van der Waals surface area contributed by atoms with Crippen molar-refractivity contribution in [3.63, 3.8) is 0 Å². The molecule has 2 aromatic rings. The monoisotopic (exact) mass is 489 g/mol. The SMILES string of the molecule is O=C(Nc1cc(F)c(F)c(F)c1)c1ccc(Cl)c(S(=O)(=O)C2CC3CC(C2)C3(O)CO)c1. The van der Waals surface area contributed by atoms with E-state index in [1.165, 1.54) is 12.1 Å². The van der Waals surface area contributed by atoms with Crippen molar-refractivity contribution in [3.8, 4) is 0 Å². The van der Waals surface area contributed by atoms with E-state index < -0.39 is 50.7 Å². The number of benzene rings is 2. The van der Waals surface area contributed by atoms with E-state index >= 15 is 0 Å². The first kappa shape index (κ1) is 23.0. The highest BCUT2D eigenvalue weighted by molar-refractivity contribution is 7.92. The Bertz CT molecular complexity index is 1170. The number of aliphatic hydroxyl groups excluding tert-OH is 1. The van der Waals surface area contributed by atoms with Crippen LogP contribution < -0.4 is 5.32 Å². The van der Waals surface area contributed by atoms with Gasteiger partial charge in [0.15, 0.2) is 27.3 Å². The lowest BCUT2D eigenvalue weighted by atomic mass is 9.54. The second-order valence-corrected chi connectivity index (χ2v) is 10.9. The number of carbonyl (C=O) groups excluding carboxylic acids is 1. The van der Waals surface area contributed by atoms with Crippen molar-refractivity contribution < 1.29 is 36.6 Å². The van der Waals surface area contributed by atoms with Crippen LogP contribution in [-0.2, 0) is 9.84 Å². The van der Waals surface area contributed by atoms with Crippen LogP contribution in [0.2, 0.25) is 5.02 Å².